The number of allylic oxidation sites excluding steroid dienone is 1. The van der Waals surface area contributed by atoms with Crippen molar-refractivity contribution in [3.63, 3.8) is 0 Å². The molecule has 0 fully saturated rings. The third-order valence-electron chi connectivity index (χ3n) is 3.15. The van der Waals surface area contributed by atoms with Gasteiger partial charge < -0.3 is 5.32 Å². The lowest BCUT2D eigenvalue weighted by Crippen LogP contribution is -1.91. The van der Waals surface area contributed by atoms with Gasteiger partial charge in [-0.15, -0.1) is 22.7 Å². The molecule has 0 aliphatic heterocycles. The average molecular weight is 338 g/mol. The van der Waals surface area contributed by atoms with Crippen LogP contribution in [0.15, 0.2) is 41.2 Å². The van der Waals surface area contributed by atoms with Crippen molar-refractivity contribution < 1.29 is 0 Å². The van der Waals surface area contributed by atoms with E-state index in [9.17, 15) is 5.26 Å². The molecule has 0 saturated carbocycles. The zero-order chi connectivity index (χ0) is 16.2. The van der Waals surface area contributed by atoms with E-state index in [0.29, 0.717) is 5.57 Å². The lowest BCUT2D eigenvalue weighted by Gasteiger charge is -2.03. The van der Waals surface area contributed by atoms with Gasteiger partial charge in [-0.1, -0.05) is 12.1 Å². The molecule has 2 aromatic heterocycles. The van der Waals surface area contributed by atoms with Gasteiger partial charge in [-0.25, -0.2) is 9.97 Å². The summed E-state index contributed by atoms with van der Waals surface area (Å²) in [7, 11) is 0. The normalized spacial score (nSPS) is 11.3. The van der Waals surface area contributed by atoms with Crippen molar-refractivity contribution in [2.45, 2.75) is 13.8 Å². The molecule has 0 saturated heterocycles. The van der Waals surface area contributed by atoms with Gasteiger partial charge in [-0.3, -0.25) is 0 Å². The number of aromatic nitrogens is 2. The van der Waals surface area contributed by atoms with Crippen molar-refractivity contribution in [2.24, 2.45) is 0 Å². The van der Waals surface area contributed by atoms with Crippen LogP contribution in [0.25, 0.3) is 16.8 Å². The highest BCUT2D eigenvalue weighted by Gasteiger charge is 2.05. The number of hydrogen-bond donors (Lipinski definition) is 1. The quantitative estimate of drug-likeness (QED) is 0.690. The molecule has 0 amide bonds. The number of nitrogens with one attached hydrogen (secondary N) is 1. The maximum Gasteiger partial charge on any atom is 0.135 e. The summed E-state index contributed by atoms with van der Waals surface area (Å²) >= 11 is 3.11. The number of rotatable bonds is 4. The summed E-state index contributed by atoms with van der Waals surface area (Å²) in [6.45, 7) is 3.92. The van der Waals surface area contributed by atoms with E-state index in [1.54, 1.807) is 17.5 Å². The summed E-state index contributed by atoms with van der Waals surface area (Å²) in [6, 6.07) is 10.2. The Hall–Kier alpha value is -2.49. The number of aryl methyl sites for hydroxylation is 2. The second kappa shape index (κ2) is 6.73. The van der Waals surface area contributed by atoms with Crippen molar-refractivity contribution >= 4 is 33.9 Å². The SMILES string of the molecule is Cc1csc(/C(C#N)=C/Nc2ccc(-c3csc(C)n3)cc2)n1. The zero-order valence-electron chi connectivity index (χ0n) is 12.7. The maximum atomic E-state index is 9.26. The number of benzene rings is 1. The zero-order valence-corrected chi connectivity index (χ0v) is 14.3. The van der Waals surface area contributed by atoms with Crippen LogP contribution >= 0.6 is 22.7 Å². The minimum absolute atomic E-state index is 0.530. The van der Waals surface area contributed by atoms with E-state index in [1.807, 2.05) is 43.5 Å². The highest BCUT2D eigenvalue weighted by atomic mass is 32.1. The highest BCUT2D eigenvalue weighted by molar-refractivity contribution is 7.11. The standard InChI is InChI=1S/C17H14N4S2/c1-11-9-23-17(20-11)14(7-18)8-19-15-5-3-13(4-6-15)16-10-22-12(2)21-16/h3-6,8-10,19H,1-2H3/b14-8+. The van der Waals surface area contributed by atoms with E-state index in [1.165, 1.54) is 11.3 Å². The van der Waals surface area contributed by atoms with E-state index in [2.05, 4.69) is 26.7 Å². The Labute approximate surface area is 142 Å². The molecule has 1 aromatic carbocycles. The third-order valence-corrected chi connectivity index (χ3v) is 4.92. The third kappa shape index (κ3) is 3.65. The Morgan fingerprint density at radius 2 is 1.91 bits per heavy atom. The number of hydrogen-bond acceptors (Lipinski definition) is 6. The maximum absolute atomic E-state index is 9.26. The number of anilines is 1. The Bertz CT molecular complexity index is 882. The molecule has 3 rings (SSSR count). The molecule has 0 aliphatic rings. The van der Waals surface area contributed by atoms with E-state index >= 15 is 0 Å². The summed E-state index contributed by atoms with van der Waals surface area (Å²) in [5, 5.41) is 18.2. The van der Waals surface area contributed by atoms with Gasteiger partial charge in [0, 0.05) is 33.9 Å². The molecule has 0 radical (unpaired) electrons. The van der Waals surface area contributed by atoms with Crippen molar-refractivity contribution in [3.05, 3.63) is 56.9 Å². The molecule has 0 atom stereocenters. The minimum Gasteiger partial charge on any atom is -0.360 e. The van der Waals surface area contributed by atoms with Crippen molar-refractivity contribution in [1.29, 1.82) is 5.26 Å². The molecule has 0 spiro atoms. The van der Waals surface area contributed by atoms with E-state index < -0.39 is 0 Å². The first-order chi connectivity index (χ1) is 11.2. The van der Waals surface area contributed by atoms with Gasteiger partial charge in [0.2, 0.25) is 0 Å². The topological polar surface area (TPSA) is 61.6 Å². The summed E-state index contributed by atoms with van der Waals surface area (Å²) in [4.78, 5) is 8.81. The number of nitrogens with zero attached hydrogens (tertiary/aromatic N) is 3. The van der Waals surface area contributed by atoms with Crippen LogP contribution in [-0.4, -0.2) is 9.97 Å². The van der Waals surface area contributed by atoms with Crippen LogP contribution in [0.4, 0.5) is 5.69 Å². The Morgan fingerprint density at radius 3 is 2.48 bits per heavy atom. The van der Waals surface area contributed by atoms with Gasteiger partial charge in [0.15, 0.2) is 0 Å². The molecule has 0 aliphatic carbocycles. The first-order valence-corrected chi connectivity index (χ1v) is 8.73. The van der Waals surface area contributed by atoms with Crippen LogP contribution in [0.5, 0.6) is 0 Å². The van der Waals surface area contributed by atoms with Gasteiger partial charge in [0.25, 0.3) is 0 Å². The first kappa shape index (κ1) is 15.4. The van der Waals surface area contributed by atoms with Crippen LogP contribution in [0, 0.1) is 25.2 Å². The number of nitriles is 1. The summed E-state index contributed by atoms with van der Waals surface area (Å²) in [5.74, 6) is 0. The molecule has 23 heavy (non-hydrogen) atoms. The molecule has 4 nitrogen and oxygen atoms in total. The molecule has 6 heteroatoms. The van der Waals surface area contributed by atoms with E-state index in [4.69, 9.17) is 0 Å². The van der Waals surface area contributed by atoms with Crippen LogP contribution in [-0.2, 0) is 0 Å². The smallest absolute Gasteiger partial charge is 0.135 e. The van der Waals surface area contributed by atoms with Crippen LogP contribution in [0.1, 0.15) is 15.7 Å². The molecular formula is C17H14N4S2. The van der Waals surface area contributed by atoms with Crippen LogP contribution < -0.4 is 5.32 Å². The monoisotopic (exact) mass is 338 g/mol. The fourth-order valence-corrected chi connectivity index (χ4v) is 3.39. The molecule has 0 unspecified atom stereocenters. The predicted molar refractivity (Wildman–Crippen MR) is 96.4 cm³/mol. The van der Waals surface area contributed by atoms with Gasteiger partial charge in [-0.2, -0.15) is 5.26 Å². The van der Waals surface area contributed by atoms with Crippen molar-refractivity contribution in [3.8, 4) is 17.3 Å². The van der Waals surface area contributed by atoms with E-state index in [-0.39, 0.29) is 0 Å². The summed E-state index contributed by atoms with van der Waals surface area (Å²) < 4.78 is 0. The van der Waals surface area contributed by atoms with Crippen molar-refractivity contribution in [2.75, 3.05) is 5.32 Å². The van der Waals surface area contributed by atoms with Gasteiger partial charge in [0.05, 0.1) is 10.7 Å². The molecule has 1 N–H and O–H groups in total. The van der Waals surface area contributed by atoms with Crippen molar-refractivity contribution in [1.82, 2.24) is 9.97 Å². The second-order valence-corrected chi connectivity index (χ2v) is 6.86. The molecule has 3 aromatic rings. The lowest BCUT2D eigenvalue weighted by molar-refractivity contribution is 1.24. The summed E-state index contributed by atoms with van der Waals surface area (Å²) in [6.07, 6.45) is 1.69. The average Bonchev–Trinajstić information content (AvgIpc) is 3.17. The van der Waals surface area contributed by atoms with Crippen LogP contribution in [0.2, 0.25) is 0 Å². The van der Waals surface area contributed by atoms with E-state index in [0.717, 1.165) is 32.7 Å². The lowest BCUT2D eigenvalue weighted by atomic mass is 10.1. The molecule has 0 bridgehead atoms. The minimum atomic E-state index is 0.530. The fraction of sp³-hybridized carbons (Fsp3) is 0.118. The molecule has 2 heterocycles. The predicted octanol–water partition coefficient (Wildman–Crippen LogP) is 4.86. The van der Waals surface area contributed by atoms with Gasteiger partial charge in [0.1, 0.15) is 16.6 Å². The first-order valence-electron chi connectivity index (χ1n) is 6.97. The Balaban J connectivity index is 1.75. The highest BCUT2D eigenvalue weighted by Crippen LogP contribution is 2.24. The van der Waals surface area contributed by atoms with Gasteiger partial charge in [-0.05, 0) is 26.0 Å². The Morgan fingerprint density at radius 1 is 1.13 bits per heavy atom. The summed E-state index contributed by atoms with van der Waals surface area (Å²) in [5.41, 5.74) is 4.45. The number of thiazole rings is 2. The molecule has 114 valence electrons. The second-order valence-electron chi connectivity index (χ2n) is 4.94. The largest absolute Gasteiger partial charge is 0.360 e. The fourth-order valence-electron chi connectivity index (χ4n) is 2.01. The Kier molecular flexibility index (Phi) is 4.51. The molecular weight excluding hydrogens is 324 g/mol. The van der Waals surface area contributed by atoms with Gasteiger partial charge >= 0.3 is 0 Å². The van der Waals surface area contributed by atoms with Crippen LogP contribution in [0.3, 0.4) is 0 Å².